The van der Waals surface area contributed by atoms with E-state index >= 15 is 0 Å². The molecule has 0 aromatic rings. The highest BCUT2D eigenvalue weighted by atomic mass is 16.4. The Morgan fingerprint density at radius 3 is 1.80 bits per heavy atom. The fourth-order valence-corrected chi connectivity index (χ4v) is 5.02. The van der Waals surface area contributed by atoms with Crippen LogP contribution in [0.15, 0.2) is 0 Å². The molecule has 49 heavy (non-hydrogen) atoms. The largest absolute Gasteiger partial charge is 0.475 e. The van der Waals surface area contributed by atoms with Crippen LogP contribution >= 0.6 is 0 Å². The van der Waals surface area contributed by atoms with Crippen LogP contribution in [0, 0.1) is 0 Å². The van der Waals surface area contributed by atoms with Crippen molar-refractivity contribution in [3.05, 3.63) is 0 Å². The molecule has 0 radical (unpaired) electrons. The van der Waals surface area contributed by atoms with Crippen LogP contribution < -0.4 is 37.6 Å². The number of aliphatic hydroxyl groups is 1. The normalized spacial score (nSPS) is 14.8. The topological polar surface area (TPSA) is 244 Å². The maximum Gasteiger partial charge on any atom is 0.475 e. The summed E-state index contributed by atoms with van der Waals surface area (Å²) in [5, 5.41) is 44.9. The Kier molecular flexibility index (Phi) is 26.4. The second-order valence-electron chi connectivity index (χ2n) is 12.9. The van der Waals surface area contributed by atoms with E-state index in [1.54, 1.807) is 0 Å². The van der Waals surface area contributed by atoms with Gasteiger partial charge in [-0.1, -0.05) is 65.2 Å². The third kappa shape index (κ3) is 21.8. The summed E-state index contributed by atoms with van der Waals surface area (Å²) in [7, 11) is -1.80. The lowest BCUT2D eigenvalue weighted by atomic mass is 9.81. The predicted molar refractivity (Wildman–Crippen MR) is 191 cm³/mol. The lowest BCUT2D eigenvalue weighted by Gasteiger charge is -2.26. The SMILES string of the molecule is CCCCCCCCCCNCCC(=O)N[C@@H](CCC)C(=O)N[C@H](C(=O)N[C@@H](C)C(=O)N[C@@H](CCCCN)C(=O)N[C@@H](C)B(O)O)[C@@H](C)O. The van der Waals surface area contributed by atoms with Crippen molar-refractivity contribution in [2.45, 2.75) is 161 Å². The third-order valence-electron chi connectivity index (χ3n) is 8.18. The maximum atomic E-state index is 13.1. The lowest BCUT2D eigenvalue weighted by molar-refractivity contribution is -0.136. The minimum atomic E-state index is -1.80. The summed E-state index contributed by atoms with van der Waals surface area (Å²) in [4.78, 5) is 64.6. The Hall–Kier alpha value is -2.79. The number of hydrogen-bond donors (Lipinski definition) is 10. The number of carbonyl (C=O) groups is 5. The van der Waals surface area contributed by atoms with Crippen LogP contribution in [0.25, 0.3) is 0 Å². The number of rotatable bonds is 29. The van der Waals surface area contributed by atoms with Crippen molar-refractivity contribution in [2.24, 2.45) is 5.73 Å². The Balaban J connectivity index is 5.02. The minimum Gasteiger partial charge on any atom is -0.426 e. The van der Waals surface area contributed by atoms with Gasteiger partial charge in [0.15, 0.2) is 0 Å². The molecule has 0 heterocycles. The number of amides is 5. The summed E-state index contributed by atoms with van der Waals surface area (Å²) in [6.07, 6.45) is 10.8. The van der Waals surface area contributed by atoms with Gasteiger partial charge in [-0.15, -0.1) is 0 Å². The first-order valence-corrected chi connectivity index (χ1v) is 18.2. The Morgan fingerprint density at radius 2 is 1.22 bits per heavy atom. The van der Waals surface area contributed by atoms with Crippen LogP contribution in [0.4, 0.5) is 0 Å². The zero-order chi connectivity index (χ0) is 37.2. The van der Waals surface area contributed by atoms with Crippen LogP contribution in [0.5, 0.6) is 0 Å². The summed E-state index contributed by atoms with van der Waals surface area (Å²) in [6, 6.07) is -4.55. The molecule has 0 aliphatic heterocycles. The fourth-order valence-electron chi connectivity index (χ4n) is 5.02. The molecule has 0 fully saturated rings. The van der Waals surface area contributed by atoms with Crippen molar-refractivity contribution >= 4 is 36.7 Å². The van der Waals surface area contributed by atoms with Crippen molar-refractivity contribution in [2.75, 3.05) is 19.6 Å². The van der Waals surface area contributed by atoms with E-state index in [0.29, 0.717) is 38.8 Å². The molecule has 0 aromatic heterocycles. The van der Waals surface area contributed by atoms with Gasteiger partial charge < -0.3 is 52.8 Å². The highest BCUT2D eigenvalue weighted by Gasteiger charge is 2.32. The van der Waals surface area contributed by atoms with Crippen LogP contribution in [-0.4, -0.2) is 108 Å². The number of hydrogen-bond acceptors (Lipinski definition) is 10. The number of unbranched alkanes of at least 4 members (excludes halogenated alkanes) is 8. The summed E-state index contributed by atoms with van der Waals surface area (Å²) in [6.45, 7) is 9.82. The molecule has 0 rings (SSSR count). The van der Waals surface area contributed by atoms with Gasteiger partial charge in [-0.25, -0.2) is 0 Å². The average molecular weight is 700 g/mol. The molecule has 16 heteroatoms. The quantitative estimate of drug-likeness (QED) is 0.0367. The molecular weight excluding hydrogens is 633 g/mol. The molecule has 0 aliphatic rings. The molecule has 0 bridgehead atoms. The number of nitrogens with two attached hydrogens (primary N) is 1. The monoisotopic (exact) mass is 700 g/mol. The van der Waals surface area contributed by atoms with Gasteiger partial charge in [-0.05, 0) is 66.0 Å². The van der Waals surface area contributed by atoms with Crippen molar-refractivity contribution in [3.63, 3.8) is 0 Å². The van der Waals surface area contributed by atoms with Gasteiger partial charge in [0.2, 0.25) is 29.5 Å². The van der Waals surface area contributed by atoms with E-state index in [9.17, 15) is 39.1 Å². The highest BCUT2D eigenvalue weighted by Crippen LogP contribution is 2.08. The van der Waals surface area contributed by atoms with Gasteiger partial charge in [-0.3, -0.25) is 24.0 Å². The smallest absolute Gasteiger partial charge is 0.426 e. The van der Waals surface area contributed by atoms with Crippen molar-refractivity contribution < 1.29 is 39.1 Å². The van der Waals surface area contributed by atoms with Crippen LogP contribution in [0.1, 0.15) is 125 Å². The first-order chi connectivity index (χ1) is 23.3. The molecule has 0 aromatic carbocycles. The van der Waals surface area contributed by atoms with Crippen molar-refractivity contribution in [1.82, 2.24) is 31.9 Å². The molecule has 5 amide bonds. The van der Waals surface area contributed by atoms with E-state index in [1.165, 1.54) is 59.3 Å². The molecule has 284 valence electrons. The Bertz CT molecular complexity index is 960. The van der Waals surface area contributed by atoms with E-state index in [4.69, 9.17) is 5.73 Å². The minimum absolute atomic E-state index is 0.183. The van der Waals surface area contributed by atoms with Crippen LogP contribution in [-0.2, 0) is 24.0 Å². The molecular formula is C33H66BN7O8. The summed E-state index contributed by atoms with van der Waals surface area (Å²) < 4.78 is 0. The van der Waals surface area contributed by atoms with E-state index in [2.05, 4.69) is 38.8 Å². The predicted octanol–water partition coefficient (Wildman–Crippen LogP) is -0.107. The highest BCUT2D eigenvalue weighted by molar-refractivity contribution is 6.43. The van der Waals surface area contributed by atoms with Gasteiger partial charge in [0, 0.05) is 13.0 Å². The average Bonchev–Trinajstić information content (AvgIpc) is 3.04. The molecule has 11 N–H and O–H groups in total. The first kappa shape index (κ1) is 46.2. The number of aliphatic hydroxyl groups excluding tert-OH is 1. The van der Waals surface area contributed by atoms with E-state index in [1.807, 2.05) is 6.92 Å². The summed E-state index contributed by atoms with van der Waals surface area (Å²) in [5.41, 5.74) is 5.54. The fraction of sp³-hybridized carbons (Fsp3) is 0.848. The number of carbonyl (C=O) groups excluding carboxylic acids is 5. The molecule has 0 aliphatic carbocycles. The molecule has 0 saturated carbocycles. The van der Waals surface area contributed by atoms with Crippen LogP contribution in [0.3, 0.4) is 0 Å². The van der Waals surface area contributed by atoms with Crippen LogP contribution in [0.2, 0.25) is 0 Å². The molecule has 0 spiro atoms. The van der Waals surface area contributed by atoms with Crippen molar-refractivity contribution in [3.8, 4) is 0 Å². The van der Waals surface area contributed by atoms with E-state index in [-0.39, 0.29) is 18.7 Å². The van der Waals surface area contributed by atoms with E-state index < -0.39 is 67.0 Å². The van der Waals surface area contributed by atoms with Gasteiger partial charge >= 0.3 is 7.12 Å². The van der Waals surface area contributed by atoms with Gasteiger partial charge in [0.1, 0.15) is 24.2 Å². The Labute approximate surface area is 293 Å². The van der Waals surface area contributed by atoms with Gasteiger partial charge in [-0.2, -0.15) is 0 Å². The van der Waals surface area contributed by atoms with Gasteiger partial charge in [0.05, 0.1) is 12.0 Å². The third-order valence-corrected chi connectivity index (χ3v) is 8.18. The zero-order valence-corrected chi connectivity index (χ0v) is 30.5. The summed E-state index contributed by atoms with van der Waals surface area (Å²) in [5.74, 6) is -4.12. The van der Waals surface area contributed by atoms with Crippen molar-refractivity contribution in [1.29, 1.82) is 0 Å². The summed E-state index contributed by atoms with van der Waals surface area (Å²) >= 11 is 0. The molecule has 6 atom stereocenters. The number of nitrogens with one attached hydrogen (secondary N) is 6. The Morgan fingerprint density at radius 1 is 0.633 bits per heavy atom. The van der Waals surface area contributed by atoms with E-state index in [0.717, 1.165) is 19.4 Å². The lowest BCUT2D eigenvalue weighted by Crippen LogP contribution is -2.60. The zero-order valence-electron chi connectivity index (χ0n) is 30.5. The first-order valence-electron chi connectivity index (χ1n) is 18.2. The van der Waals surface area contributed by atoms with Gasteiger partial charge in [0.25, 0.3) is 0 Å². The second kappa shape index (κ2) is 28.0. The molecule has 0 saturated heterocycles. The maximum absolute atomic E-state index is 13.1. The molecule has 15 nitrogen and oxygen atoms in total. The standard InChI is InChI=1S/C33H66BN7O8/c1-6-8-9-10-11-12-13-16-21-36-22-19-28(43)39-26(17-7-2)32(46)41-29(24(4)42)33(47)37-23(3)30(44)40-27(18-14-15-20-35)31(45)38-25(5)34(48)49/h23-27,29,36,42,48-49H,6-22,35H2,1-5H3,(H,37,47)(H,38,45)(H,39,43)(H,40,44)(H,41,46)/t23-,24+,25-,26-,27-,29-/m0/s1. The second-order valence-corrected chi connectivity index (χ2v) is 12.9. The molecule has 0 unspecified atom stereocenters.